The van der Waals surface area contributed by atoms with E-state index in [9.17, 15) is 18.3 Å². The van der Waals surface area contributed by atoms with Gasteiger partial charge in [-0.1, -0.05) is 32.4 Å². The fourth-order valence-corrected chi connectivity index (χ4v) is 4.77. The van der Waals surface area contributed by atoms with Gasteiger partial charge in [-0.05, 0) is 85.5 Å². The molecule has 0 aliphatic heterocycles. The zero-order valence-corrected chi connectivity index (χ0v) is 24.2. The maximum atomic E-state index is 11.7. The minimum atomic E-state index is -3.27. The van der Waals surface area contributed by atoms with Gasteiger partial charge in [0, 0.05) is 12.7 Å². The van der Waals surface area contributed by atoms with Crippen LogP contribution < -0.4 is 14.2 Å². The highest BCUT2D eigenvalue weighted by atomic mass is 35.5. The highest BCUT2D eigenvalue weighted by Gasteiger charge is 2.36. The largest absolute Gasteiger partial charge is 0.493 e. The quantitative estimate of drug-likeness (QED) is 0.207. The summed E-state index contributed by atoms with van der Waals surface area (Å²) in [6.07, 6.45) is 3.62. The minimum Gasteiger partial charge on any atom is -0.493 e. The lowest BCUT2D eigenvalue weighted by Gasteiger charge is -2.22. The monoisotopic (exact) mass is 574 g/mol. The molecule has 7 nitrogen and oxygen atoms in total. The van der Waals surface area contributed by atoms with E-state index in [0.717, 1.165) is 24.2 Å². The van der Waals surface area contributed by atoms with Gasteiger partial charge in [-0.25, -0.2) is 13.2 Å². The Morgan fingerprint density at radius 2 is 1.69 bits per heavy atom. The molecule has 0 amide bonds. The van der Waals surface area contributed by atoms with E-state index in [1.54, 1.807) is 43.3 Å². The van der Waals surface area contributed by atoms with Crippen molar-refractivity contribution in [2.24, 2.45) is 0 Å². The van der Waals surface area contributed by atoms with E-state index in [2.05, 4.69) is 6.92 Å². The average Bonchev–Trinajstić information content (AvgIpc) is 2.89. The summed E-state index contributed by atoms with van der Waals surface area (Å²) in [5.41, 5.74) is 1.49. The van der Waals surface area contributed by atoms with Crippen LogP contribution in [0.15, 0.2) is 71.6 Å². The number of ether oxygens (including phenoxy) is 3. The molecule has 0 saturated carbocycles. The van der Waals surface area contributed by atoms with Gasteiger partial charge in [-0.3, -0.25) is 0 Å². The van der Waals surface area contributed by atoms with E-state index >= 15 is 0 Å². The number of alkyl halides is 1. The van der Waals surface area contributed by atoms with Gasteiger partial charge in [0.15, 0.2) is 14.7 Å². The van der Waals surface area contributed by atoms with Crippen LogP contribution in [-0.4, -0.2) is 38.5 Å². The third-order valence-corrected chi connectivity index (χ3v) is 8.05. The molecule has 0 aliphatic rings. The Morgan fingerprint density at radius 1 is 1.00 bits per heavy atom. The van der Waals surface area contributed by atoms with Crippen LogP contribution in [0.3, 0.4) is 0 Å². The predicted octanol–water partition coefficient (Wildman–Crippen LogP) is 7.00. The van der Waals surface area contributed by atoms with Crippen LogP contribution in [-0.2, 0) is 25.9 Å². The number of rotatable bonds is 14. The van der Waals surface area contributed by atoms with Crippen LogP contribution in [0.4, 0.5) is 0 Å². The fourth-order valence-electron chi connectivity index (χ4n) is 4.02. The Labute approximate surface area is 235 Å². The molecule has 9 heteroatoms. The number of carbonyl (C=O) groups is 1. The molecule has 0 saturated heterocycles. The van der Waals surface area contributed by atoms with E-state index < -0.39 is 20.7 Å². The molecule has 0 heterocycles. The van der Waals surface area contributed by atoms with E-state index in [-0.39, 0.29) is 17.4 Å². The van der Waals surface area contributed by atoms with Crippen molar-refractivity contribution in [1.82, 2.24) is 0 Å². The molecule has 3 aromatic carbocycles. The van der Waals surface area contributed by atoms with Crippen LogP contribution in [0, 0.1) is 0 Å². The SMILES string of the molecule is CCCc1cc(Oc2ccc(S(C)(=O)=O)cc2)ccc1OC(C)CCOc1cccc(C(Cl)(CC)C(=O)O)c1. The van der Waals surface area contributed by atoms with Crippen LogP contribution >= 0.6 is 11.6 Å². The Balaban J connectivity index is 1.61. The van der Waals surface area contributed by atoms with Gasteiger partial charge < -0.3 is 19.3 Å². The van der Waals surface area contributed by atoms with Crippen molar-refractivity contribution in [2.75, 3.05) is 12.9 Å². The van der Waals surface area contributed by atoms with Gasteiger partial charge in [0.1, 0.15) is 23.0 Å². The van der Waals surface area contributed by atoms with Gasteiger partial charge in [0.2, 0.25) is 0 Å². The molecule has 2 atom stereocenters. The third kappa shape index (κ3) is 8.13. The van der Waals surface area contributed by atoms with E-state index in [4.69, 9.17) is 25.8 Å². The van der Waals surface area contributed by atoms with Crippen molar-refractivity contribution in [2.45, 2.75) is 62.3 Å². The van der Waals surface area contributed by atoms with E-state index in [1.807, 2.05) is 25.1 Å². The van der Waals surface area contributed by atoms with Crippen LogP contribution in [0.25, 0.3) is 0 Å². The third-order valence-electron chi connectivity index (χ3n) is 6.28. The molecule has 2 unspecified atom stereocenters. The molecule has 0 radical (unpaired) electrons. The summed E-state index contributed by atoms with van der Waals surface area (Å²) < 4.78 is 41.4. The first-order valence-electron chi connectivity index (χ1n) is 12.9. The molecule has 3 aromatic rings. The number of benzene rings is 3. The van der Waals surface area contributed by atoms with Crippen molar-refractivity contribution in [3.8, 4) is 23.0 Å². The summed E-state index contributed by atoms with van der Waals surface area (Å²) in [4.78, 5) is 10.4. The zero-order chi connectivity index (χ0) is 28.6. The topological polar surface area (TPSA) is 99.1 Å². The molecule has 0 bridgehead atoms. The molecular weight excluding hydrogens is 540 g/mol. The summed E-state index contributed by atoms with van der Waals surface area (Å²) in [6, 6.07) is 18.8. The number of carboxylic acid groups (broad SMARTS) is 1. The summed E-state index contributed by atoms with van der Waals surface area (Å²) >= 11 is 6.34. The highest BCUT2D eigenvalue weighted by Crippen LogP contribution is 2.35. The molecule has 210 valence electrons. The van der Waals surface area contributed by atoms with Crippen LogP contribution in [0.5, 0.6) is 23.0 Å². The standard InChI is InChI=1S/C30H35ClO7S/c1-5-8-22-19-26(38-24-11-14-27(15-12-24)39(4,34)35)13-16-28(22)37-21(3)17-18-36-25-10-7-9-23(20-25)30(31,6-2)29(32)33/h7,9-16,19-21H,5-6,8,17-18H2,1-4H3,(H,32,33). The van der Waals surface area contributed by atoms with Gasteiger partial charge in [-0.15, -0.1) is 11.6 Å². The highest BCUT2D eigenvalue weighted by molar-refractivity contribution is 7.90. The molecule has 39 heavy (non-hydrogen) atoms. The molecule has 1 N–H and O–H groups in total. The number of halogens is 1. The fraction of sp³-hybridized carbons (Fsp3) is 0.367. The van der Waals surface area contributed by atoms with Crippen molar-refractivity contribution >= 4 is 27.4 Å². The Hall–Kier alpha value is -3.23. The second-order valence-electron chi connectivity index (χ2n) is 9.42. The minimum absolute atomic E-state index is 0.138. The average molecular weight is 575 g/mol. The first-order chi connectivity index (χ1) is 18.5. The lowest BCUT2D eigenvalue weighted by atomic mass is 9.95. The van der Waals surface area contributed by atoms with Gasteiger partial charge >= 0.3 is 5.97 Å². The Bertz CT molecular complexity index is 1370. The Kier molecular flexibility index (Phi) is 10.3. The first-order valence-corrected chi connectivity index (χ1v) is 15.2. The normalized spacial score (nSPS) is 13.8. The van der Waals surface area contributed by atoms with Crippen molar-refractivity contribution in [1.29, 1.82) is 0 Å². The summed E-state index contributed by atoms with van der Waals surface area (Å²) in [5.74, 6) is 1.41. The number of hydrogen-bond acceptors (Lipinski definition) is 6. The lowest BCUT2D eigenvalue weighted by Crippen LogP contribution is -2.28. The second kappa shape index (κ2) is 13.2. The van der Waals surface area contributed by atoms with Crippen LogP contribution in [0.1, 0.15) is 51.2 Å². The van der Waals surface area contributed by atoms with Gasteiger partial charge in [-0.2, -0.15) is 0 Å². The van der Waals surface area contributed by atoms with Crippen molar-refractivity contribution < 1.29 is 32.5 Å². The number of carboxylic acids is 1. The van der Waals surface area contributed by atoms with E-state index in [0.29, 0.717) is 35.8 Å². The smallest absolute Gasteiger partial charge is 0.329 e. The lowest BCUT2D eigenvalue weighted by molar-refractivity contribution is -0.140. The number of hydrogen-bond donors (Lipinski definition) is 1. The van der Waals surface area contributed by atoms with Crippen LogP contribution in [0.2, 0.25) is 0 Å². The number of aliphatic carboxylic acids is 1. The molecular formula is C30H35ClO7S. The first kappa shape index (κ1) is 30.3. The number of sulfone groups is 1. The molecule has 0 aromatic heterocycles. The molecule has 0 aliphatic carbocycles. The molecule has 0 spiro atoms. The van der Waals surface area contributed by atoms with E-state index in [1.165, 1.54) is 18.4 Å². The second-order valence-corrected chi connectivity index (χ2v) is 12.1. The summed E-state index contributed by atoms with van der Waals surface area (Å²) in [7, 11) is -3.27. The Morgan fingerprint density at radius 3 is 2.31 bits per heavy atom. The summed E-state index contributed by atoms with van der Waals surface area (Å²) in [6.45, 7) is 6.17. The van der Waals surface area contributed by atoms with Gasteiger partial charge in [0.05, 0.1) is 17.6 Å². The van der Waals surface area contributed by atoms with Gasteiger partial charge in [0.25, 0.3) is 0 Å². The summed E-state index contributed by atoms with van der Waals surface area (Å²) in [5, 5.41) is 9.54. The van der Waals surface area contributed by atoms with Crippen molar-refractivity contribution in [3.05, 3.63) is 77.9 Å². The van der Waals surface area contributed by atoms with Crippen molar-refractivity contribution in [3.63, 3.8) is 0 Å². The molecule has 0 fully saturated rings. The maximum Gasteiger partial charge on any atom is 0.329 e. The molecule has 3 rings (SSSR count). The zero-order valence-electron chi connectivity index (χ0n) is 22.6. The maximum absolute atomic E-state index is 11.7. The number of aryl methyl sites for hydroxylation is 1. The predicted molar refractivity (Wildman–Crippen MR) is 152 cm³/mol.